The normalized spacial score (nSPS) is 20.6. The Bertz CT molecular complexity index is 1300. The van der Waals surface area contributed by atoms with E-state index in [1.54, 1.807) is 6.08 Å². The third-order valence-corrected chi connectivity index (χ3v) is 12.2. The molecule has 11 heteroatoms. The zero-order chi connectivity index (χ0) is 48.3. The molecule has 1 rings (SSSR count). The quantitative estimate of drug-likeness (QED) is 0.0196. The third kappa shape index (κ3) is 32.2. The van der Waals surface area contributed by atoms with E-state index in [2.05, 4.69) is 74.7 Å². The lowest BCUT2D eigenvalue weighted by Gasteiger charge is -2.41. The van der Waals surface area contributed by atoms with Gasteiger partial charge in [-0.2, -0.15) is 0 Å². The molecule has 1 saturated heterocycles. The van der Waals surface area contributed by atoms with Crippen LogP contribution in [0, 0.1) is 0 Å². The van der Waals surface area contributed by atoms with E-state index >= 15 is 0 Å². The number of aliphatic hydroxyl groups excluding tert-OH is 5. The summed E-state index contributed by atoms with van der Waals surface area (Å²) in [5.41, 5.74) is 0. The van der Waals surface area contributed by atoms with Crippen molar-refractivity contribution in [2.45, 2.75) is 262 Å². The topological polar surface area (TPSA) is 175 Å². The number of unbranched alkanes of at least 4 members (excludes halogenated alkanes) is 21. The molecule has 1 aliphatic heterocycles. The zero-order valence-electron chi connectivity index (χ0n) is 41.8. The van der Waals surface area contributed by atoms with Crippen molar-refractivity contribution in [1.29, 1.82) is 0 Å². The fourth-order valence-corrected chi connectivity index (χ4v) is 7.89. The lowest BCUT2D eigenvalue weighted by Crippen LogP contribution is -2.61. The fourth-order valence-electron chi connectivity index (χ4n) is 7.89. The van der Waals surface area contributed by atoms with E-state index in [1.165, 1.54) is 83.5 Å². The Hall–Kier alpha value is -2.64. The number of allylic oxidation sites excluding steroid dienone is 9. The van der Waals surface area contributed by atoms with Crippen molar-refractivity contribution < 1.29 is 49.3 Å². The van der Waals surface area contributed by atoms with Crippen LogP contribution in [0.1, 0.15) is 213 Å². The first-order chi connectivity index (χ1) is 32.2. The second kappa shape index (κ2) is 43.6. The standard InChI is InChI=1S/C55H97NO10/c1-4-7-10-13-16-19-22-24-25-28-31-34-37-40-43-50(60)66-53-52(62)51(61)49(44-57)65-55(53)64-45-46(47(58)41-38-35-32-29-26-21-18-15-12-9-6-3)56-54(63)48(59)42-39-36-33-30-27-23-20-17-14-11-8-5-2/h7,10,16,19,24-25,27,30,38,41,46-49,51-53,55,57-59,61-62H,4-6,8-9,11-15,17-18,20-23,26,28-29,31-37,39-40,42-45H2,1-3H3,(H,56,63)/b10-7+,19-16+,25-24+,30-27-,41-38+. The maximum absolute atomic E-state index is 13.3. The average molecular weight is 932 g/mol. The molecule has 1 heterocycles. The van der Waals surface area contributed by atoms with Crippen molar-refractivity contribution >= 4 is 11.9 Å². The van der Waals surface area contributed by atoms with E-state index in [-0.39, 0.29) is 19.4 Å². The molecule has 6 N–H and O–H groups in total. The van der Waals surface area contributed by atoms with Crippen molar-refractivity contribution in [2.24, 2.45) is 0 Å². The van der Waals surface area contributed by atoms with E-state index in [0.29, 0.717) is 12.8 Å². The number of aliphatic hydroxyl groups is 5. The van der Waals surface area contributed by atoms with Crippen LogP contribution in [-0.2, 0) is 23.8 Å². The number of esters is 1. The fraction of sp³-hybridized carbons (Fsp3) is 0.782. The van der Waals surface area contributed by atoms with Crippen LogP contribution in [0.5, 0.6) is 0 Å². The molecule has 11 nitrogen and oxygen atoms in total. The monoisotopic (exact) mass is 932 g/mol. The van der Waals surface area contributed by atoms with E-state index in [4.69, 9.17) is 14.2 Å². The second-order valence-corrected chi connectivity index (χ2v) is 18.2. The molecule has 1 amide bonds. The van der Waals surface area contributed by atoms with Crippen LogP contribution < -0.4 is 5.32 Å². The summed E-state index contributed by atoms with van der Waals surface area (Å²) < 4.78 is 17.5. The molecule has 0 aromatic carbocycles. The number of nitrogens with one attached hydrogen (secondary N) is 1. The van der Waals surface area contributed by atoms with E-state index in [0.717, 1.165) is 83.5 Å². The van der Waals surface area contributed by atoms with Crippen molar-refractivity contribution in [3.05, 3.63) is 60.8 Å². The Kier molecular flexibility index (Phi) is 40.6. The Morgan fingerprint density at radius 1 is 0.606 bits per heavy atom. The van der Waals surface area contributed by atoms with E-state index < -0.39 is 67.4 Å². The number of carbonyl (C=O) groups is 2. The molecule has 0 aliphatic carbocycles. The van der Waals surface area contributed by atoms with Crippen LogP contribution in [0.3, 0.4) is 0 Å². The number of rotatable bonds is 43. The lowest BCUT2D eigenvalue weighted by molar-refractivity contribution is -0.305. The molecule has 8 unspecified atom stereocenters. The maximum Gasteiger partial charge on any atom is 0.306 e. The van der Waals surface area contributed by atoms with Crippen molar-refractivity contribution in [3.8, 4) is 0 Å². The molecule has 0 bridgehead atoms. The highest BCUT2D eigenvalue weighted by atomic mass is 16.7. The molecule has 1 fully saturated rings. The third-order valence-electron chi connectivity index (χ3n) is 12.2. The van der Waals surface area contributed by atoms with Gasteiger partial charge in [0, 0.05) is 6.42 Å². The Balaban J connectivity index is 2.80. The molecule has 0 aromatic heterocycles. The molecule has 0 saturated carbocycles. The van der Waals surface area contributed by atoms with Crippen molar-refractivity contribution in [1.82, 2.24) is 5.32 Å². The molecule has 382 valence electrons. The molecular formula is C55H97NO10. The van der Waals surface area contributed by atoms with Gasteiger partial charge in [-0.05, 0) is 83.5 Å². The Labute approximate surface area is 401 Å². The first-order valence-corrected chi connectivity index (χ1v) is 26.6. The first-order valence-electron chi connectivity index (χ1n) is 26.6. The van der Waals surface area contributed by atoms with Crippen LogP contribution in [-0.4, -0.2) is 99.6 Å². The molecular weight excluding hydrogens is 835 g/mol. The van der Waals surface area contributed by atoms with Crippen LogP contribution in [0.2, 0.25) is 0 Å². The second-order valence-electron chi connectivity index (χ2n) is 18.2. The summed E-state index contributed by atoms with van der Waals surface area (Å²) >= 11 is 0. The molecule has 8 atom stereocenters. The van der Waals surface area contributed by atoms with E-state index in [9.17, 15) is 35.1 Å². The minimum atomic E-state index is -1.62. The molecule has 0 radical (unpaired) electrons. The largest absolute Gasteiger partial charge is 0.454 e. The summed E-state index contributed by atoms with van der Waals surface area (Å²) in [6.07, 6.45) is 41.3. The van der Waals surface area contributed by atoms with Gasteiger partial charge in [0.2, 0.25) is 5.91 Å². The van der Waals surface area contributed by atoms with E-state index in [1.807, 2.05) is 6.08 Å². The SMILES string of the molecule is CC/C=C/C/C=C/C/C=C/CCCCCCC(=O)OC1C(OCC(NC(=O)C(O)CCCC/C=C\CCCCCCCC)C(O)/C=C/CCCCCCCCCCC)OC(CO)C(O)C1O. The summed E-state index contributed by atoms with van der Waals surface area (Å²) in [6.45, 7) is 5.60. The predicted octanol–water partition coefficient (Wildman–Crippen LogP) is 11.1. The highest BCUT2D eigenvalue weighted by molar-refractivity contribution is 5.80. The lowest BCUT2D eigenvalue weighted by atomic mass is 9.99. The summed E-state index contributed by atoms with van der Waals surface area (Å²) in [6, 6.07) is -1.03. The minimum Gasteiger partial charge on any atom is -0.454 e. The molecule has 66 heavy (non-hydrogen) atoms. The summed E-state index contributed by atoms with van der Waals surface area (Å²) in [4.78, 5) is 26.3. The number of amides is 1. The van der Waals surface area contributed by atoms with Gasteiger partial charge in [0.1, 0.15) is 24.4 Å². The number of hydrogen-bond donors (Lipinski definition) is 6. The van der Waals surface area contributed by atoms with Gasteiger partial charge >= 0.3 is 5.97 Å². The summed E-state index contributed by atoms with van der Waals surface area (Å²) in [5, 5.41) is 56.5. The number of ether oxygens (including phenoxy) is 3. The van der Waals surface area contributed by atoms with Gasteiger partial charge in [0.25, 0.3) is 0 Å². The van der Waals surface area contributed by atoms with Crippen LogP contribution in [0.25, 0.3) is 0 Å². The highest BCUT2D eigenvalue weighted by Crippen LogP contribution is 2.26. The number of carbonyl (C=O) groups excluding carboxylic acids is 2. The van der Waals surface area contributed by atoms with Crippen molar-refractivity contribution in [2.75, 3.05) is 13.2 Å². The molecule has 0 aromatic rings. The van der Waals surface area contributed by atoms with Gasteiger partial charge in [-0.15, -0.1) is 0 Å². The zero-order valence-corrected chi connectivity index (χ0v) is 41.8. The number of hydrogen-bond acceptors (Lipinski definition) is 10. The summed E-state index contributed by atoms with van der Waals surface area (Å²) in [7, 11) is 0. The predicted molar refractivity (Wildman–Crippen MR) is 269 cm³/mol. The first kappa shape index (κ1) is 61.4. The smallest absolute Gasteiger partial charge is 0.306 e. The summed E-state index contributed by atoms with van der Waals surface area (Å²) in [5.74, 6) is -1.24. The van der Waals surface area contributed by atoms with Gasteiger partial charge in [0.05, 0.1) is 25.4 Å². The molecule has 0 spiro atoms. The Morgan fingerprint density at radius 3 is 1.65 bits per heavy atom. The van der Waals surface area contributed by atoms with Gasteiger partial charge in [-0.1, -0.05) is 184 Å². The molecule has 1 aliphatic rings. The van der Waals surface area contributed by atoms with Crippen molar-refractivity contribution in [3.63, 3.8) is 0 Å². The highest BCUT2D eigenvalue weighted by Gasteiger charge is 2.47. The van der Waals surface area contributed by atoms with Gasteiger partial charge in [-0.25, -0.2) is 0 Å². The maximum atomic E-state index is 13.3. The van der Waals surface area contributed by atoms with Crippen LogP contribution in [0.15, 0.2) is 60.8 Å². The average Bonchev–Trinajstić information content (AvgIpc) is 3.31. The minimum absolute atomic E-state index is 0.0943. The van der Waals surface area contributed by atoms with Crippen LogP contribution >= 0.6 is 0 Å². The Morgan fingerprint density at radius 2 is 1.09 bits per heavy atom. The van der Waals surface area contributed by atoms with Crippen LogP contribution in [0.4, 0.5) is 0 Å². The van der Waals surface area contributed by atoms with Gasteiger partial charge in [0.15, 0.2) is 12.4 Å². The van der Waals surface area contributed by atoms with Gasteiger partial charge in [-0.3, -0.25) is 9.59 Å². The van der Waals surface area contributed by atoms with Gasteiger partial charge < -0.3 is 45.1 Å².